The number of benzene rings is 2. The molecule has 0 bridgehead atoms. The van der Waals surface area contributed by atoms with E-state index in [2.05, 4.69) is 16.0 Å². The van der Waals surface area contributed by atoms with Crippen LogP contribution in [0.1, 0.15) is 29.8 Å². The Morgan fingerprint density at radius 1 is 1.00 bits per heavy atom. The lowest BCUT2D eigenvalue weighted by Crippen LogP contribution is -2.34. The summed E-state index contributed by atoms with van der Waals surface area (Å²) >= 11 is 0. The second kappa shape index (κ2) is 7.59. The van der Waals surface area contributed by atoms with E-state index in [0.29, 0.717) is 5.69 Å². The average Bonchev–Trinajstić information content (AvgIpc) is 2.50. The first-order valence-electron chi connectivity index (χ1n) is 7.61. The van der Waals surface area contributed by atoms with Gasteiger partial charge in [-0.1, -0.05) is 18.2 Å². The zero-order valence-electron chi connectivity index (χ0n) is 13.8. The first-order chi connectivity index (χ1) is 11.4. The largest absolute Gasteiger partial charge is 0.336 e. The van der Waals surface area contributed by atoms with Crippen molar-refractivity contribution in [2.75, 3.05) is 10.6 Å². The van der Waals surface area contributed by atoms with Crippen LogP contribution in [0.25, 0.3) is 0 Å². The second-order valence-corrected chi connectivity index (χ2v) is 5.74. The minimum absolute atomic E-state index is 0.0348. The Balaban J connectivity index is 2.20. The Bertz CT molecular complexity index is 760. The highest BCUT2D eigenvalue weighted by atomic mass is 19.1. The minimum Gasteiger partial charge on any atom is -0.336 e. The Hall–Kier alpha value is -2.89. The van der Waals surface area contributed by atoms with Gasteiger partial charge in [0.15, 0.2) is 0 Å². The maximum atomic E-state index is 13.8. The third-order valence-electron chi connectivity index (χ3n) is 3.21. The molecule has 0 aliphatic heterocycles. The van der Waals surface area contributed by atoms with Gasteiger partial charge in [0.25, 0.3) is 5.91 Å². The van der Waals surface area contributed by atoms with E-state index in [1.165, 1.54) is 6.07 Å². The number of carbonyl (C=O) groups excluding carboxylic acids is 2. The molecule has 0 saturated carbocycles. The summed E-state index contributed by atoms with van der Waals surface area (Å²) in [7, 11) is 0. The number of aryl methyl sites for hydroxylation is 1. The van der Waals surface area contributed by atoms with Crippen molar-refractivity contribution in [3.05, 3.63) is 59.4 Å². The van der Waals surface area contributed by atoms with E-state index < -0.39 is 17.8 Å². The molecule has 6 heteroatoms. The topological polar surface area (TPSA) is 70.2 Å². The van der Waals surface area contributed by atoms with E-state index in [0.717, 1.165) is 5.56 Å². The summed E-state index contributed by atoms with van der Waals surface area (Å²) in [6.45, 7) is 5.47. The van der Waals surface area contributed by atoms with Crippen molar-refractivity contribution in [2.24, 2.45) is 0 Å². The van der Waals surface area contributed by atoms with Crippen LogP contribution >= 0.6 is 0 Å². The molecule has 0 heterocycles. The average molecular weight is 329 g/mol. The molecule has 0 aliphatic carbocycles. The highest BCUT2D eigenvalue weighted by Gasteiger charge is 2.15. The van der Waals surface area contributed by atoms with Gasteiger partial charge in [0, 0.05) is 6.04 Å². The third-order valence-corrected chi connectivity index (χ3v) is 3.21. The van der Waals surface area contributed by atoms with E-state index in [1.54, 1.807) is 43.3 Å². The predicted octanol–water partition coefficient (Wildman–Crippen LogP) is 3.92. The van der Waals surface area contributed by atoms with E-state index in [4.69, 9.17) is 0 Å². The van der Waals surface area contributed by atoms with Gasteiger partial charge < -0.3 is 16.0 Å². The molecule has 0 saturated heterocycles. The number of urea groups is 1. The minimum atomic E-state index is -0.517. The molecule has 0 radical (unpaired) electrons. The summed E-state index contributed by atoms with van der Waals surface area (Å²) in [6.07, 6.45) is 0. The van der Waals surface area contributed by atoms with Crippen molar-refractivity contribution in [1.82, 2.24) is 5.32 Å². The fourth-order valence-electron chi connectivity index (χ4n) is 2.14. The smallest absolute Gasteiger partial charge is 0.319 e. The van der Waals surface area contributed by atoms with E-state index in [-0.39, 0.29) is 17.3 Å². The van der Waals surface area contributed by atoms with Gasteiger partial charge >= 0.3 is 6.03 Å². The van der Waals surface area contributed by atoms with Gasteiger partial charge in [-0.05, 0) is 50.6 Å². The van der Waals surface area contributed by atoms with Gasteiger partial charge in [-0.25, -0.2) is 9.18 Å². The Morgan fingerprint density at radius 2 is 1.71 bits per heavy atom. The number of hydrogen-bond acceptors (Lipinski definition) is 2. The summed E-state index contributed by atoms with van der Waals surface area (Å²) in [5, 5.41) is 7.85. The summed E-state index contributed by atoms with van der Waals surface area (Å²) in [6, 6.07) is 10.6. The maximum absolute atomic E-state index is 13.8. The lowest BCUT2D eigenvalue weighted by atomic mass is 10.1. The first-order valence-corrected chi connectivity index (χ1v) is 7.61. The number of para-hydroxylation sites is 1. The van der Waals surface area contributed by atoms with Crippen molar-refractivity contribution in [2.45, 2.75) is 26.8 Å². The molecule has 3 N–H and O–H groups in total. The monoisotopic (exact) mass is 329 g/mol. The number of amides is 3. The Morgan fingerprint density at radius 3 is 2.42 bits per heavy atom. The predicted molar refractivity (Wildman–Crippen MR) is 92.8 cm³/mol. The van der Waals surface area contributed by atoms with Crippen LogP contribution in [-0.2, 0) is 0 Å². The molecule has 0 atom stereocenters. The number of nitrogens with one attached hydrogen (secondary N) is 3. The molecule has 24 heavy (non-hydrogen) atoms. The molecule has 0 fully saturated rings. The molecule has 3 amide bonds. The zero-order chi connectivity index (χ0) is 17.7. The van der Waals surface area contributed by atoms with Crippen molar-refractivity contribution < 1.29 is 14.0 Å². The maximum Gasteiger partial charge on any atom is 0.319 e. The van der Waals surface area contributed by atoms with Crippen LogP contribution in [-0.4, -0.2) is 18.0 Å². The summed E-state index contributed by atoms with van der Waals surface area (Å²) < 4.78 is 13.8. The van der Waals surface area contributed by atoms with Crippen molar-refractivity contribution in [3.63, 3.8) is 0 Å². The normalized spacial score (nSPS) is 10.4. The number of anilines is 2. The van der Waals surface area contributed by atoms with Crippen molar-refractivity contribution in [3.8, 4) is 0 Å². The number of hydrogen-bond donors (Lipinski definition) is 3. The zero-order valence-corrected chi connectivity index (χ0v) is 13.8. The lowest BCUT2D eigenvalue weighted by molar-refractivity contribution is 0.102. The second-order valence-electron chi connectivity index (χ2n) is 5.74. The van der Waals surface area contributed by atoms with E-state index >= 15 is 0 Å². The fourth-order valence-corrected chi connectivity index (χ4v) is 2.14. The van der Waals surface area contributed by atoms with Crippen LogP contribution in [0.2, 0.25) is 0 Å². The van der Waals surface area contributed by atoms with Crippen molar-refractivity contribution in [1.29, 1.82) is 0 Å². The van der Waals surface area contributed by atoms with Crippen LogP contribution in [0.5, 0.6) is 0 Å². The molecule has 0 unspecified atom stereocenters. The van der Waals surface area contributed by atoms with Crippen LogP contribution in [0.15, 0.2) is 42.5 Å². The quantitative estimate of drug-likeness (QED) is 0.796. The fraction of sp³-hybridized carbons (Fsp3) is 0.222. The van der Waals surface area contributed by atoms with Gasteiger partial charge in [-0.3, -0.25) is 4.79 Å². The standard InChI is InChI=1S/C18H20FN3O2/c1-11(2)20-18(24)22-15-7-5-4-6-13(15)17(23)21-16-10-12(3)8-9-14(16)19/h4-11H,1-3H3,(H,21,23)(H2,20,22,24). The molecule has 126 valence electrons. The summed E-state index contributed by atoms with van der Waals surface area (Å²) in [5.74, 6) is -1.02. The van der Waals surface area contributed by atoms with Gasteiger partial charge in [0.05, 0.1) is 16.9 Å². The molecule has 5 nitrogen and oxygen atoms in total. The Kier molecular flexibility index (Phi) is 5.52. The molecule has 0 spiro atoms. The summed E-state index contributed by atoms with van der Waals surface area (Å²) in [4.78, 5) is 24.3. The highest BCUT2D eigenvalue weighted by Crippen LogP contribution is 2.20. The van der Waals surface area contributed by atoms with Gasteiger partial charge in [0.1, 0.15) is 5.82 Å². The molecule has 0 aromatic heterocycles. The highest BCUT2D eigenvalue weighted by molar-refractivity contribution is 6.10. The van der Waals surface area contributed by atoms with E-state index in [9.17, 15) is 14.0 Å². The number of halogens is 1. The van der Waals surface area contributed by atoms with Crippen molar-refractivity contribution >= 4 is 23.3 Å². The van der Waals surface area contributed by atoms with Gasteiger partial charge in [-0.15, -0.1) is 0 Å². The number of rotatable bonds is 4. The van der Waals surface area contributed by atoms with Crippen LogP contribution < -0.4 is 16.0 Å². The van der Waals surface area contributed by atoms with Crippen LogP contribution in [0.4, 0.5) is 20.6 Å². The molecule has 2 aromatic rings. The molecule has 2 aromatic carbocycles. The lowest BCUT2D eigenvalue weighted by Gasteiger charge is -2.14. The SMILES string of the molecule is Cc1ccc(F)c(NC(=O)c2ccccc2NC(=O)NC(C)C)c1. The Labute approximate surface area is 140 Å². The van der Waals surface area contributed by atoms with E-state index in [1.807, 2.05) is 13.8 Å². The molecule has 2 rings (SSSR count). The molecule has 0 aliphatic rings. The van der Waals surface area contributed by atoms with Crippen LogP contribution in [0, 0.1) is 12.7 Å². The van der Waals surface area contributed by atoms with Crippen LogP contribution in [0.3, 0.4) is 0 Å². The third kappa shape index (κ3) is 4.55. The molecular weight excluding hydrogens is 309 g/mol. The van der Waals surface area contributed by atoms with Gasteiger partial charge in [0.2, 0.25) is 0 Å². The number of carbonyl (C=O) groups is 2. The van der Waals surface area contributed by atoms with Gasteiger partial charge in [-0.2, -0.15) is 0 Å². The first kappa shape index (κ1) is 17.5. The summed E-state index contributed by atoms with van der Waals surface area (Å²) in [5.41, 5.74) is 1.52. The molecular formula is C18H20FN3O2.